The number of anilines is 1. The van der Waals surface area contributed by atoms with Crippen LogP contribution in [0.5, 0.6) is 0 Å². The molecule has 0 radical (unpaired) electrons. The summed E-state index contributed by atoms with van der Waals surface area (Å²) >= 11 is 0. The van der Waals surface area contributed by atoms with Crippen molar-refractivity contribution in [3.8, 4) is 5.69 Å². The van der Waals surface area contributed by atoms with Crippen LogP contribution in [0.1, 0.15) is 52.4 Å². The minimum absolute atomic E-state index is 0.110. The van der Waals surface area contributed by atoms with Crippen molar-refractivity contribution in [2.24, 2.45) is 11.1 Å². The lowest BCUT2D eigenvalue weighted by Gasteiger charge is -2.29. The molecule has 1 aromatic heterocycles. The van der Waals surface area contributed by atoms with Crippen LogP contribution in [-0.4, -0.2) is 65.8 Å². The second kappa shape index (κ2) is 8.43. The molecule has 31 heavy (non-hydrogen) atoms. The van der Waals surface area contributed by atoms with Crippen molar-refractivity contribution in [3.63, 3.8) is 0 Å². The number of morpholine rings is 1. The summed E-state index contributed by atoms with van der Waals surface area (Å²) in [7, 11) is 0. The van der Waals surface area contributed by atoms with E-state index in [1.807, 2.05) is 23.7 Å². The first kappa shape index (κ1) is 21.5. The fraction of sp³-hybridized carbons (Fsp3) is 0.522. The van der Waals surface area contributed by atoms with E-state index in [1.165, 1.54) is 0 Å². The summed E-state index contributed by atoms with van der Waals surface area (Å²) in [5.41, 5.74) is 9.86. The molecule has 0 spiro atoms. The van der Waals surface area contributed by atoms with Gasteiger partial charge in [0.05, 0.1) is 41.4 Å². The molecule has 1 aliphatic carbocycles. The maximum Gasteiger partial charge on any atom is 0.250 e. The van der Waals surface area contributed by atoms with E-state index in [0.29, 0.717) is 24.2 Å². The average molecular weight is 426 g/mol. The molecule has 0 saturated carbocycles. The smallest absolute Gasteiger partial charge is 0.250 e. The van der Waals surface area contributed by atoms with Gasteiger partial charge in [0.1, 0.15) is 0 Å². The first-order valence-corrected chi connectivity index (χ1v) is 10.8. The van der Waals surface area contributed by atoms with E-state index >= 15 is 0 Å². The van der Waals surface area contributed by atoms with Crippen molar-refractivity contribution in [1.29, 1.82) is 0 Å². The van der Waals surface area contributed by atoms with E-state index in [0.717, 1.165) is 61.9 Å². The van der Waals surface area contributed by atoms with E-state index in [9.17, 15) is 9.59 Å². The summed E-state index contributed by atoms with van der Waals surface area (Å²) in [4.78, 5) is 27.0. The Kier molecular flexibility index (Phi) is 5.85. The maximum absolute atomic E-state index is 12.7. The molecule has 0 atom stereocenters. The number of aryl methyl sites for hydroxylation is 1. The van der Waals surface area contributed by atoms with Crippen molar-refractivity contribution in [3.05, 3.63) is 40.7 Å². The number of aromatic nitrogens is 2. The predicted octanol–water partition coefficient (Wildman–Crippen LogP) is 2.18. The average Bonchev–Trinajstić information content (AvgIpc) is 3.03. The van der Waals surface area contributed by atoms with Crippen LogP contribution < -0.4 is 11.1 Å². The van der Waals surface area contributed by atoms with E-state index in [1.54, 1.807) is 6.07 Å². The molecule has 8 nitrogen and oxygen atoms in total. The summed E-state index contributed by atoms with van der Waals surface area (Å²) in [5.74, 6) is -0.331. The number of amides is 1. The van der Waals surface area contributed by atoms with Crippen molar-refractivity contribution >= 4 is 17.4 Å². The SMILES string of the molecule is Cc1nn(-c2ccc(C(N)=O)c(NCCN3CCOCC3)c2)c2c1C(=O)CC(C)(C)C2. The Morgan fingerprint density at radius 1 is 1.26 bits per heavy atom. The second-order valence-electron chi connectivity index (χ2n) is 9.23. The number of carbonyl (C=O) groups is 2. The predicted molar refractivity (Wildman–Crippen MR) is 119 cm³/mol. The molecule has 2 heterocycles. The number of primary amides is 1. The third kappa shape index (κ3) is 4.50. The summed E-state index contributed by atoms with van der Waals surface area (Å²) in [5, 5.41) is 8.05. The van der Waals surface area contributed by atoms with Crippen LogP contribution >= 0.6 is 0 Å². The number of nitrogens with one attached hydrogen (secondary N) is 1. The van der Waals surface area contributed by atoms with Gasteiger partial charge in [0.25, 0.3) is 5.91 Å². The Hall–Kier alpha value is -2.71. The van der Waals surface area contributed by atoms with Gasteiger partial charge in [-0.2, -0.15) is 5.10 Å². The number of hydrogen-bond donors (Lipinski definition) is 2. The van der Waals surface area contributed by atoms with Crippen molar-refractivity contribution in [1.82, 2.24) is 14.7 Å². The van der Waals surface area contributed by atoms with Crippen LogP contribution in [-0.2, 0) is 11.2 Å². The summed E-state index contributed by atoms with van der Waals surface area (Å²) in [6.07, 6.45) is 1.30. The molecule has 1 amide bonds. The molecule has 3 N–H and O–H groups in total. The van der Waals surface area contributed by atoms with E-state index in [2.05, 4.69) is 29.2 Å². The Balaban J connectivity index is 1.63. The lowest BCUT2D eigenvalue weighted by molar-refractivity contribution is 0.0398. The summed E-state index contributed by atoms with van der Waals surface area (Å²) in [6.45, 7) is 11.0. The van der Waals surface area contributed by atoms with Crippen LogP contribution in [0.2, 0.25) is 0 Å². The Morgan fingerprint density at radius 2 is 2.00 bits per heavy atom. The molecular formula is C23H31N5O3. The summed E-state index contributed by atoms with van der Waals surface area (Å²) < 4.78 is 7.24. The van der Waals surface area contributed by atoms with Gasteiger partial charge in [-0.15, -0.1) is 0 Å². The molecule has 2 aromatic rings. The van der Waals surface area contributed by atoms with Gasteiger partial charge in [-0.25, -0.2) is 4.68 Å². The van der Waals surface area contributed by atoms with E-state index in [4.69, 9.17) is 10.5 Å². The van der Waals surface area contributed by atoms with Gasteiger partial charge in [-0.05, 0) is 37.0 Å². The van der Waals surface area contributed by atoms with Crippen LogP contribution in [0.25, 0.3) is 5.69 Å². The van der Waals surface area contributed by atoms with Crippen LogP contribution in [0.4, 0.5) is 5.69 Å². The molecule has 2 aliphatic rings. The highest BCUT2D eigenvalue weighted by Crippen LogP contribution is 2.37. The molecule has 1 saturated heterocycles. The van der Waals surface area contributed by atoms with E-state index in [-0.39, 0.29) is 11.2 Å². The molecule has 0 bridgehead atoms. The highest BCUT2D eigenvalue weighted by Gasteiger charge is 2.35. The molecule has 8 heteroatoms. The standard InChI is InChI=1S/C23H31N5O3/c1-15-21-19(13-23(2,3)14-20(21)29)28(26-15)16-4-5-17(22(24)30)18(12-16)25-6-7-27-8-10-31-11-9-27/h4-5,12,25H,6-11,13-14H2,1-3H3,(H2,24,30). The number of carbonyl (C=O) groups excluding carboxylic acids is 2. The number of nitrogens with two attached hydrogens (primary N) is 1. The minimum Gasteiger partial charge on any atom is -0.383 e. The van der Waals surface area contributed by atoms with E-state index < -0.39 is 5.91 Å². The molecule has 1 fully saturated rings. The quantitative estimate of drug-likeness (QED) is 0.735. The number of nitrogens with zero attached hydrogens (tertiary/aromatic N) is 3. The van der Waals surface area contributed by atoms with Gasteiger partial charge < -0.3 is 15.8 Å². The first-order chi connectivity index (χ1) is 14.7. The molecule has 166 valence electrons. The third-order valence-electron chi connectivity index (χ3n) is 6.08. The largest absolute Gasteiger partial charge is 0.383 e. The molecule has 1 aromatic carbocycles. The van der Waals surface area contributed by atoms with Gasteiger partial charge in [0.15, 0.2) is 5.78 Å². The monoisotopic (exact) mass is 425 g/mol. The zero-order valence-corrected chi connectivity index (χ0v) is 18.5. The number of ether oxygens (including phenoxy) is 1. The fourth-order valence-corrected chi connectivity index (χ4v) is 4.55. The zero-order valence-electron chi connectivity index (χ0n) is 18.5. The number of hydrogen-bond acceptors (Lipinski definition) is 6. The zero-order chi connectivity index (χ0) is 22.2. The Labute approximate surface area is 182 Å². The fourth-order valence-electron chi connectivity index (χ4n) is 4.55. The van der Waals surface area contributed by atoms with Gasteiger partial charge in [0, 0.05) is 38.3 Å². The number of benzene rings is 1. The normalized spacial score (nSPS) is 18.6. The molecule has 1 aliphatic heterocycles. The van der Waals surface area contributed by atoms with Gasteiger partial charge in [-0.3, -0.25) is 14.5 Å². The number of ketones is 1. The van der Waals surface area contributed by atoms with Crippen molar-refractivity contribution < 1.29 is 14.3 Å². The van der Waals surface area contributed by atoms with Gasteiger partial charge in [0.2, 0.25) is 0 Å². The van der Waals surface area contributed by atoms with Crippen molar-refractivity contribution in [2.75, 3.05) is 44.7 Å². The maximum atomic E-state index is 12.7. The lowest BCUT2D eigenvalue weighted by atomic mass is 9.75. The Bertz CT molecular complexity index is 1000. The number of fused-ring (bicyclic) bond motifs is 1. The molecule has 4 rings (SSSR count). The second-order valence-corrected chi connectivity index (χ2v) is 9.23. The number of Topliss-reactive ketones (excluding diaryl/α,β-unsaturated/α-hetero) is 1. The number of rotatable bonds is 6. The highest BCUT2D eigenvalue weighted by molar-refractivity contribution is 6.00. The highest BCUT2D eigenvalue weighted by atomic mass is 16.5. The van der Waals surface area contributed by atoms with Crippen molar-refractivity contribution in [2.45, 2.75) is 33.6 Å². The lowest BCUT2D eigenvalue weighted by Crippen LogP contribution is -2.39. The van der Waals surface area contributed by atoms with Crippen LogP contribution in [0.3, 0.4) is 0 Å². The summed E-state index contributed by atoms with van der Waals surface area (Å²) in [6, 6.07) is 5.47. The molecule has 0 unspecified atom stereocenters. The van der Waals surface area contributed by atoms with Crippen LogP contribution in [0, 0.1) is 12.3 Å². The Morgan fingerprint density at radius 3 is 2.71 bits per heavy atom. The third-order valence-corrected chi connectivity index (χ3v) is 6.08. The molecular weight excluding hydrogens is 394 g/mol. The topological polar surface area (TPSA) is 102 Å². The van der Waals surface area contributed by atoms with Gasteiger partial charge in [-0.1, -0.05) is 13.8 Å². The first-order valence-electron chi connectivity index (χ1n) is 10.8. The van der Waals surface area contributed by atoms with Crippen LogP contribution in [0.15, 0.2) is 18.2 Å². The van der Waals surface area contributed by atoms with Gasteiger partial charge >= 0.3 is 0 Å². The minimum atomic E-state index is -0.476.